The van der Waals surface area contributed by atoms with Gasteiger partial charge in [-0.05, 0) is 41.8 Å². The molecule has 1 saturated heterocycles. The average Bonchev–Trinajstić information content (AvgIpc) is 3.17. The van der Waals surface area contributed by atoms with Gasteiger partial charge in [-0.25, -0.2) is 8.42 Å². The maximum absolute atomic E-state index is 13.9. The van der Waals surface area contributed by atoms with Crippen LogP contribution in [0.3, 0.4) is 0 Å². The molecule has 3 aromatic carbocycles. The summed E-state index contributed by atoms with van der Waals surface area (Å²) in [5.74, 6) is -0.556. The fourth-order valence-corrected chi connectivity index (χ4v) is 6.14. The second-order valence-electron chi connectivity index (χ2n) is 7.52. The first-order chi connectivity index (χ1) is 14.8. The van der Waals surface area contributed by atoms with Crippen LogP contribution in [-0.2, 0) is 10.0 Å². The van der Waals surface area contributed by atoms with Crippen molar-refractivity contribution in [2.24, 2.45) is 5.73 Å². The molecule has 1 aliphatic rings. The van der Waals surface area contributed by atoms with Gasteiger partial charge in [0, 0.05) is 17.5 Å². The maximum Gasteiger partial charge on any atom is 0.260 e. The van der Waals surface area contributed by atoms with Gasteiger partial charge in [0.2, 0.25) is 5.96 Å². The van der Waals surface area contributed by atoms with Gasteiger partial charge < -0.3 is 5.73 Å². The summed E-state index contributed by atoms with van der Waals surface area (Å²) in [6.45, 7) is 2.02. The van der Waals surface area contributed by atoms with Crippen molar-refractivity contribution in [3.63, 3.8) is 0 Å². The molecule has 0 saturated carbocycles. The largest absolute Gasteiger partial charge is 0.369 e. The molecule has 8 heteroatoms. The number of benzene rings is 3. The summed E-state index contributed by atoms with van der Waals surface area (Å²) in [4.78, 5) is 0.189. The van der Waals surface area contributed by atoms with E-state index < -0.39 is 16.1 Å². The number of rotatable bonds is 4. The molecule has 0 radical (unpaired) electrons. The van der Waals surface area contributed by atoms with Gasteiger partial charge in [0.1, 0.15) is 0 Å². The Morgan fingerprint density at radius 2 is 1.58 bits per heavy atom. The summed E-state index contributed by atoms with van der Waals surface area (Å²) < 4.78 is 29.1. The van der Waals surface area contributed by atoms with E-state index in [9.17, 15) is 8.42 Å². The zero-order valence-electron chi connectivity index (χ0n) is 16.9. The van der Waals surface area contributed by atoms with E-state index in [1.54, 1.807) is 43.3 Å². The summed E-state index contributed by atoms with van der Waals surface area (Å²) in [5.41, 5.74) is 8.26. The number of nitrogens with two attached hydrogens (primary N) is 1. The Bertz CT molecular complexity index is 1200. The zero-order chi connectivity index (χ0) is 22.2. The van der Waals surface area contributed by atoms with Crippen molar-refractivity contribution in [2.45, 2.75) is 23.8 Å². The number of halogens is 1. The van der Waals surface area contributed by atoms with Crippen LogP contribution < -0.4 is 5.73 Å². The van der Waals surface area contributed by atoms with E-state index in [-0.39, 0.29) is 23.3 Å². The van der Waals surface area contributed by atoms with Crippen LogP contribution in [0.1, 0.15) is 28.7 Å². The van der Waals surface area contributed by atoms with Crippen molar-refractivity contribution in [3.8, 4) is 0 Å². The van der Waals surface area contributed by atoms with Gasteiger partial charge in [-0.1, -0.05) is 76.7 Å². The summed E-state index contributed by atoms with van der Waals surface area (Å²) in [5, 5.41) is 10.0. The van der Waals surface area contributed by atoms with Crippen molar-refractivity contribution in [1.29, 1.82) is 5.41 Å². The Morgan fingerprint density at radius 1 is 0.968 bits per heavy atom. The molecule has 4 rings (SSSR count). The first-order valence-corrected chi connectivity index (χ1v) is 11.6. The highest BCUT2D eigenvalue weighted by molar-refractivity contribution is 7.89. The Labute approximate surface area is 187 Å². The number of hydrazine groups is 1. The standard InChI is InChI=1S/C23H23ClN4O2S/c1-16-7-5-6-10-21(16)31(29,30)28-22(18-11-13-19(24)14-12-18)20(15-27(28)23(25)26)17-8-3-2-4-9-17/h2-14,20,22H,15H2,1H3,(H3,25,26). The Kier molecular flexibility index (Phi) is 5.75. The topological polar surface area (TPSA) is 90.5 Å². The molecule has 3 aromatic rings. The Morgan fingerprint density at radius 3 is 2.19 bits per heavy atom. The molecular formula is C23H23ClN4O2S. The monoisotopic (exact) mass is 454 g/mol. The predicted molar refractivity (Wildman–Crippen MR) is 122 cm³/mol. The van der Waals surface area contributed by atoms with Gasteiger partial charge in [0.15, 0.2) is 0 Å². The van der Waals surface area contributed by atoms with Crippen molar-refractivity contribution in [3.05, 3.63) is 101 Å². The maximum atomic E-state index is 13.9. The summed E-state index contributed by atoms with van der Waals surface area (Å²) in [7, 11) is -4.01. The molecule has 6 nitrogen and oxygen atoms in total. The van der Waals surface area contributed by atoms with Gasteiger partial charge in [0.05, 0.1) is 10.9 Å². The molecule has 1 heterocycles. The predicted octanol–water partition coefficient (Wildman–Crippen LogP) is 4.29. The lowest BCUT2D eigenvalue weighted by atomic mass is 9.89. The van der Waals surface area contributed by atoms with E-state index in [2.05, 4.69) is 0 Å². The molecule has 0 amide bonds. The highest BCUT2D eigenvalue weighted by atomic mass is 35.5. The van der Waals surface area contributed by atoms with Crippen molar-refractivity contribution in [2.75, 3.05) is 6.54 Å². The normalized spacial score (nSPS) is 19.5. The van der Waals surface area contributed by atoms with Gasteiger partial charge in [-0.2, -0.15) is 0 Å². The minimum absolute atomic E-state index is 0.189. The second-order valence-corrected chi connectivity index (χ2v) is 9.72. The number of nitrogens with zero attached hydrogens (tertiary/aromatic N) is 2. The molecular weight excluding hydrogens is 432 g/mol. The summed E-state index contributed by atoms with van der Waals surface area (Å²) >= 11 is 6.10. The van der Waals surface area contributed by atoms with Gasteiger partial charge >= 0.3 is 0 Å². The van der Waals surface area contributed by atoms with Crippen LogP contribution in [0.5, 0.6) is 0 Å². The molecule has 3 N–H and O–H groups in total. The highest BCUT2D eigenvalue weighted by Crippen LogP contribution is 2.46. The van der Waals surface area contributed by atoms with Crippen molar-refractivity contribution >= 4 is 27.6 Å². The number of sulfonamides is 1. The number of nitrogens with one attached hydrogen (secondary N) is 1. The van der Waals surface area contributed by atoms with Gasteiger partial charge in [0.25, 0.3) is 10.0 Å². The fraction of sp³-hybridized carbons (Fsp3) is 0.174. The molecule has 0 bridgehead atoms. The summed E-state index contributed by atoms with van der Waals surface area (Å²) in [6.07, 6.45) is 0. The van der Waals surface area contributed by atoms with E-state index in [1.165, 1.54) is 9.42 Å². The van der Waals surface area contributed by atoms with Crippen molar-refractivity contribution < 1.29 is 8.42 Å². The van der Waals surface area contributed by atoms with Crippen LogP contribution in [0.4, 0.5) is 0 Å². The van der Waals surface area contributed by atoms with E-state index >= 15 is 0 Å². The molecule has 2 unspecified atom stereocenters. The number of guanidine groups is 1. The lowest BCUT2D eigenvalue weighted by Gasteiger charge is -2.32. The van der Waals surface area contributed by atoms with E-state index in [0.29, 0.717) is 10.6 Å². The zero-order valence-corrected chi connectivity index (χ0v) is 18.5. The fourth-order valence-electron chi connectivity index (χ4n) is 4.11. The minimum atomic E-state index is -4.01. The lowest BCUT2D eigenvalue weighted by molar-refractivity contribution is 0.175. The Balaban J connectivity index is 1.93. The first-order valence-electron chi connectivity index (χ1n) is 9.82. The third kappa shape index (κ3) is 3.92. The minimum Gasteiger partial charge on any atom is -0.369 e. The van der Waals surface area contributed by atoms with E-state index in [1.807, 2.05) is 42.5 Å². The van der Waals surface area contributed by atoms with Gasteiger partial charge in [-0.3, -0.25) is 10.4 Å². The SMILES string of the molecule is Cc1ccccc1S(=O)(=O)N1C(c2ccc(Cl)cc2)C(c2ccccc2)CN1C(=N)N. The van der Waals surface area contributed by atoms with Crippen molar-refractivity contribution in [1.82, 2.24) is 9.42 Å². The average molecular weight is 455 g/mol. The third-order valence-electron chi connectivity index (χ3n) is 5.56. The van der Waals surface area contributed by atoms with Crippen LogP contribution in [0, 0.1) is 12.3 Å². The molecule has 160 valence electrons. The second kappa shape index (κ2) is 8.34. The molecule has 0 aliphatic carbocycles. The van der Waals surface area contributed by atoms with Crippen LogP contribution in [0.2, 0.25) is 5.02 Å². The molecule has 31 heavy (non-hydrogen) atoms. The van der Waals surface area contributed by atoms with Gasteiger partial charge in [-0.15, -0.1) is 0 Å². The lowest BCUT2D eigenvalue weighted by Crippen LogP contribution is -2.48. The molecule has 1 aliphatic heterocycles. The summed E-state index contributed by atoms with van der Waals surface area (Å²) in [6, 6.07) is 23.1. The molecule has 0 spiro atoms. The first kappa shape index (κ1) is 21.4. The number of hydrogen-bond donors (Lipinski definition) is 2. The third-order valence-corrected chi connectivity index (χ3v) is 7.74. The Hall–Kier alpha value is -2.87. The molecule has 0 aromatic heterocycles. The smallest absolute Gasteiger partial charge is 0.260 e. The molecule has 1 fully saturated rings. The van der Waals surface area contributed by atoms with E-state index in [4.69, 9.17) is 22.7 Å². The van der Waals surface area contributed by atoms with E-state index in [0.717, 1.165) is 11.1 Å². The number of aryl methyl sites for hydroxylation is 1. The van der Waals surface area contributed by atoms with Crippen LogP contribution in [0.15, 0.2) is 83.8 Å². The quantitative estimate of drug-likeness (QED) is 0.454. The van der Waals surface area contributed by atoms with Crippen LogP contribution in [0.25, 0.3) is 0 Å². The van der Waals surface area contributed by atoms with Crippen LogP contribution in [-0.4, -0.2) is 30.3 Å². The highest BCUT2D eigenvalue weighted by Gasteiger charge is 2.49. The molecule has 2 atom stereocenters. The van der Waals surface area contributed by atoms with Crippen LogP contribution >= 0.6 is 11.6 Å². The number of hydrogen-bond acceptors (Lipinski definition) is 3.